The molecular formula is C22H20N4O6. The highest BCUT2D eigenvalue weighted by Crippen LogP contribution is 2.41. The van der Waals surface area contributed by atoms with Crippen LogP contribution in [0.2, 0.25) is 0 Å². The van der Waals surface area contributed by atoms with Gasteiger partial charge in [0.15, 0.2) is 23.0 Å². The van der Waals surface area contributed by atoms with Gasteiger partial charge in [0.1, 0.15) is 12.7 Å². The van der Waals surface area contributed by atoms with Crippen LogP contribution in [0.5, 0.6) is 23.0 Å². The number of phenols is 1. The minimum Gasteiger partial charge on any atom is -0.504 e. The average Bonchev–Trinajstić information content (AvgIpc) is 3.30. The number of hydrogen-bond acceptors (Lipinski definition) is 8. The fraction of sp³-hybridized carbons (Fsp3) is 0.182. The third-order valence-electron chi connectivity index (χ3n) is 5.02. The molecule has 0 aliphatic carbocycles. The molecule has 0 radical (unpaired) electrons. The lowest BCUT2D eigenvalue weighted by Crippen LogP contribution is -2.12. The Kier molecular flexibility index (Phi) is 5.50. The molecule has 0 spiro atoms. The molecule has 32 heavy (non-hydrogen) atoms. The number of phenolic OH excluding ortho intramolecular Hbond substituents is 1. The number of carboxylic acid groups (broad SMARTS) is 1. The van der Waals surface area contributed by atoms with Gasteiger partial charge in [0.2, 0.25) is 0 Å². The number of aromatic nitrogens is 4. The molecule has 0 bridgehead atoms. The Bertz CT molecular complexity index is 1300. The van der Waals surface area contributed by atoms with Crippen molar-refractivity contribution in [1.82, 2.24) is 19.7 Å². The van der Waals surface area contributed by atoms with Crippen LogP contribution in [-0.2, 0) is 6.54 Å². The van der Waals surface area contributed by atoms with Crippen LogP contribution < -0.4 is 14.2 Å². The van der Waals surface area contributed by atoms with Gasteiger partial charge < -0.3 is 24.4 Å². The Morgan fingerprint density at radius 1 is 1.03 bits per heavy atom. The molecule has 4 aromatic rings. The number of benzene rings is 2. The van der Waals surface area contributed by atoms with Crippen molar-refractivity contribution in [1.29, 1.82) is 0 Å². The first-order valence-electron chi connectivity index (χ1n) is 9.48. The van der Waals surface area contributed by atoms with E-state index in [1.165, 1.54) is 44.7 Å². The Balaban J connectivity index is 2.09. The van der Waals surface area contributed by atoms with Crippen LogP contribution in [-0.4, -0.2) is 57.3 Å². The summed E-state index contributed by atoms with van der Waals surface area (Å²) < 4.78 is 17.5. The van der Waals surface area contributed by atoms with Crippen LogP contribution in [0.1, 0.15) is 16.1 Å². The zero-order valence-corrected chi connectivity index (χ0v) is 17.6. The van der Waals surface area contributed by atoms with E-state index in [9.17, 15) is 15.0 Å². The third-order valence-corrected chi connectivity index (χ3v) is 5.02. The number of nitrogens with zero attached hydrogens (tertiary/aromatic N) is 4. The first-order chi connectivity index (χ1) is 15.5. The molecule has 0 fully saturated rings. The van der Waals surface area contributed by atoms with Gasteiger partial charge in [-0.15, -0.1) is 0 Å². The lowest BCUT2D eigenvalue weighted by Gasteiger charge is -2.17. The number of fused-ring (bicyclic) bond motifs is 1. The number of pyridine rings is 1. The van der Waals surface area contributed by atoms with E-state index in [1.807, 2.05) is 0 Å². The first kappa shape index (κ1) is 20.9. The summed E-state index contributed by atoms with van der Waals surface area (Å²) in [6.45, 7) is 0.0741. The smallest absolute Gasteiger partial charge is 0.338 e. The fourth-order valence-electron chi connectivity index (χ4n) is 3.60. The molecule has 0 atom stereocenters. The zero-order chi connectivity index (χ0) is 22.8. The van der Waals surface area contributed by atoms with E-state index in [-0.39, 0.29) is 29.3 Å². The fourth-order valence-corrected chi connectivity index (χ4v) is 3.60. The van der Waals surface area contributed by atoms with Crippen LogP contribution in [0.15, 0.2) is 43.0 Å². The molecule has 10 nitrogen and oxygen atoms in total. The molecule has 0 saturated carbocycles. The number of hydrogen-bond donors (Lipinski definition) is 2. The van der Waals surface area contributed by atoms with Crippen molar-refractivity contribution in [2.75, 3.05) is 21.3 Å². The number of rotatable bonds is 7. The summed E-state index contributed by atoms with van der Waals surface area (Å²) in [6.07, 6.45) is 2.83. The minimum atomic E-state index is -1.16. The molecule has 2 N–H and O–H groups in total. The SMILES string of the molecule is COc1cc2c(-c3ccc(OC)c(OC)c3)c(C(=O)O)c(Cn3cncn3)nc2cc1O. The first-order valence-corrected chi connectivity index (χ1v) is 9.48. The van der Waals surface area contributed by atoms with Gasteiger partial charge in [-0.3, -0.25) is 0 Å². The van der Waals surface area contributed by atoms with Gasteiger partial charge in [0, 0.05) is 17.0 Å². The largest absolute Gasteiger partial charge is 0.504 e. The second kappa shape index (κ2) is 8.42. The van der Waals surface area contributed by atoms with Crippen molar-refractivity contribution >= 4 is 16.9 Å². The number of ether oxygens (including phenoxy) is 3. The molecular weight excluding hydrogens is 416 g/mol. The van der Waals surface area contributed by atoms with E-state index in [0.717, 1.165) is 0 Å². The van der Waals surface area contributed by atoms with Crippen LogP contribution in [0.25, 0.3) is 22.0 Å². The number of aromatic carboxylic acids is 1. The molecule has 0 unspecified atom stereocenters. The molecule has 0 aliphatic rings. The van der Waals surface area contributed by atoms with Crippen molar-refractivity contribution in [3.63, 3.8) is 0 Å². The molecule has 2 aromatic carbocycles. The summed E-state index contributed by atoms with van der Waals surface area (Å²) in [6, 6.07) is 8.13. The average molecular weight is 436 g/mol. The lowest BCUT2D eigenvalue weighted by atomic mass is 9.93. The van der Waals surface area contributed by atoms with Crippen molar-refractivity contribution in [2.24, 2.45) is 0 Å². The Morgan fingerprint density at radius 3 is 2.41 bits per heavy atom. The minimum absolute atomic E-state index is 0.00652. The molecule has 0 saturated heterocycles. The maximum Gasteiger partial charge on any atom is 0.338 e. The van der Waals surface area contributed by atoms with E-state index >= 15 is 0 Å². The van der Waals surface area contributed by atoms with E-state index < -0.39 is 5.97 Å². The summed E-state index contributed by atoms with van der Waals surface area (Å²) in [7, 11) is 4.44. The Labute approximate surface area is 182 Å². The zero-order valence-electron chi connectivity index (χ0n) is 17.6. The number of methoxy groups -OCH3 is 3. The van der Waals surface area contributed by atoms with Crippen LogP contribution in [0.4, 0.5) is 0 Å². The summed E-state index contributed by atoms with van der Waals surface area (Å²) >= 11 is 0. The van der Waals surface area contributed by atoms with Gasteiger partial charge in [-0.1, -0.05) is 6.07 Å². The normalized spacial score (nSPS) is 10.8. The molecule has 0 amide bonds. The molecule has 164 valence electrons. The summed E-state index contributed by atoms with van der Waals surface area (Å²) in [5.41, 5.74) is 1.61. The third kappa shape index (κ3) is 3.62. The van der Waals surface area contributed by atoms with Gasteiger partial charge >= 0.3 is 5.97 Å². The van der Waals surface area contributed by atoms with Gasteiger partial charge in [-0.25, -0.2) is 19.4 Å². The van der Waals surface area contributed by atoms with Gasteiger partial charge in [0.25, 0.3) is 0 Å². The second-order valence-corrected chi connectivity index (χ2v) is 6.82. The number of carbonyl (C=O) groups is 1. The summed E-state index contributed by atoms with van der Waals surface area (Å²) in [5, 5.41) is 25.0. The molecule has 4 rings (SSSR count). The monoisotopic (exact) mass is 436 g/mol. The number of carboxylic acids is 1. The summed E-state index contributed by atoms with van der Waals surface area (Å²) in [5.74, 6) is -0.132. The van der Waals surface area contributed by atoms with E-state index in [1.54, 1.807) is 24.3 Å². The van der Waals surface area contributed by atoms with Gasteiger partial charge in [-0.05, 0) is 23.8 Å². The Hall–Kier alpha value is -4.34. The van der Waals surface area contributed by atoms with Gasteiger partial charge in [0.05, 0.1) is 44.6 Å². The quantitative estimate of drug-likeness (QED) is 0.449. The summed E-state index contributed by atoms with van der Waals surface area (Å²) in [4.78, 5) is 20.9. The highest BCUT2D eigenvalue weighted by molar-refractivity contribution is 6.08. The predicted molar refractivity (Wildman–Crippen MR) is 115 cm³/mol. The standard InChI is InChI=1S/C22H20N4O6/c1-30-17-5-4-12(6-19(17)32-3)20-13-7-18(31-2)16(27)8-14(13)25-15(21(20)22(28)29)9-26-11-23-10-24-26/h4-8,10-11,27H,9H2,1-3H3,(H,28,29). The van der Waals surface area contributed by atoms with Crippen molar-refractivity contribution in [3.05, 3.63) is 54.2 Å². The van der Waals surface area contributed by atoms with Crippen molar-refractivity contribution in [2.45, 2.75) is 6.54 Å². The van der Waals surface area contributed by atoms with Crippen molar-refractivity contribution < 1.29 is 29.2 Å². The Morgan fingerprint density at radius 2 is 1.78 bits per heavy atom. The molecule has 2 heterocycles. The molecule has 10 heteroatoms. The molecule has 2 aromatic heterocycles. The van der Waals surface area contributed by atoms with E-state index in [0.29, 0.717) is 33.5 Å². The van der Waals surface area contributed by atoms with Crippen LogP contribution in [0.3, 0.4) is 0 Å². The van der Waals surface area contributed by atoms with Crippen LogP contribution in [0, 0.1) is 0 Å². The maximum atomic E-state index is 12.5. The number of aromatic hydroxyl groups is 1. The molecule has 0 aliphatic heterocycles. The lowest BCUT2D eigenvalue weighted by molar-refractivity contribution is 0.0696. The highest BCUT2D eigenvalue weighted by Gasteiger charge is 2.24. The highest BCUT2D eigenvalue weighted by atomic mass is 16.5. The van der Waals surface area contributed by atoms with Gasteiger partial charge in [-0.2, -0.15) is 5.10 Å². The maximum absolute atomic E-state index is 12.5. The van der Waals surface area contributed by atoms with Crippen molar-refractivity contribution in [3.8, 4) is 34.1 Å². The predicted octanol–water partition coefficient (Wildman–Crippen LogP) is 2.97. The topological polar surface area (TPSA) is 129 Å². The second-order valence-electron chi connectivity index (χ2n) is 6.82. The van der Waals surface area contributed by atoms with Crippen LogP contribution >= 0.6 is 0 Å². The van der Waals surface area contributed by atoms with E-state index in [2.05, 4.69) is 15.1 Å². The van der Waals surface area contributed by atoms with E-state index in [4.69, 9.17) is 14.2 Å².